The second-order valence-corrected chi connectivity index (χ2v) is 14.7. The molecular formula is C50H47N7O. The van der Waals surface area contributed by atoms with Gasteiger partial charge in [0.2, 0.25) is 0 Å². The summed E-state index contributed by atoms with van der Waals surface area (Å²) in [5.41, 5.74) is 10.7. The Labute approximate surface area is 340 Å². The molecule has 7 aromatic rings. The standard InChI is InChI=1S/C50H47N7O/c1-5-12-36-18-24-40(25-19-36)58-35(4)37-20-22-39(23-21-37)51-52-45-26-27-46(42-15-8-7-14-41(42)45)53-54-47-28-29-48(44-17-10-9-16-43(44)47)55-56-49-33-38-13-11-31-57(30-6-2)50(38)32-34(49)3/h7-10,14-29,32-33H,4-6,11-13,30-31H2,1-3H3/b52-51+,54-53+,56-55+. The Hall–Kier alpha value is -6.80. The number of fused-ring (bicyclic) bond motifs is 3. The molecule has 8 nitrogen and oxygen atoms in total. The van der Waals surface area contributed by atoms with E-state index in [4.69, 9.17) is 25.2 Å². The van der Waals surface area contributed by atoms with E-state index in [1.54, 1.807) is 0 Å². The van der Waals surface area contributed by atoms with Gasteiger partial charge in [-0.05, 0) is 122 Å². The van der Waals surface area contributed by atoms with Crippen molar-refractivity contribution >= 4 is 67.1 Å². The van der Waals surface area contributed by atoms with Gasteiger partial charge >= 0.3 is 0 Å². The maximum Gasteiger partial charge on any atom is 0.127 e. The van der Waals surface area contributed by atoms with Crippen molar-refractivity contribution in [2.24, 2.45) is 30.7 Å². The van der Waals surface area contributed by atoms with Gasteiger partial charge in [0.25, 0.3) is 0 Å². The van der Waals surface area contributed by atoms with E-state index in [9.17, 15) is 0 Å². The van der Waals surface area contributed by atoms with Crippen LogP contribution in [0.5, 0.6) is 5.75 Å². The quantitative estimate of drug-likeness (QED) is 0.0865. The normalized spacial score (nSPS) is 13.0. The molecule has 0 aromatic heterocycles. The fourth-order valence-electron chi connectivity index (χ4n) is 7.55. The molecule has 1 aliphatic rings. The Bertz CT molecular complexity index is 2680. The second-order valence-electron chi connectivity index (χ2n) is 14.7. The summed E-state index contributed by atoms with van der Waals surface area (Å²) in [6.07, 6.45) is 5.54. The molecule has 288 valence electrons. The first-order valence-corrected chi connectivity index (χ1v) is 20.2. The summed E-state index contributed by atoms with van der Waals surface area (Å²) >= 11 is 0. The highest BCUT2D eigenvalue weighted by Crippen LogP contribution is 2.39. The Morgan fingerprint density at radius 1 is 0.603 bits per heavy atom. The van der Waals surface area contributed by atoms with Gasteiger partial charge in [-0.15, -0.1) is 20.5 Å². The number of ether oxygens (including phenoxy) is 1. The van der Waals surface area contributed by atoms with E-state index in [0.717, 1.165) is 118 Å². The zero-order chi connectivity index (χ0) is 39.8. The number of aryl methyl sites for hydroxylation is 3. The molecule has 0 fully saturated rings. The fraction of sp³-hybridized carbons (Fsp3) is 0.200. The van der Waals surface area contributed by atoms with E-state index in [2.05, 4.69) is 78.9 Å². The maximum absolute atomic E-state index is 6.01. The molecule has 0 aliphatic carbocycles. The third-order valence-electron chi connectivity index (χ3n) is 10.6. The first kappa shape index (κ1) is 38.1. The van der Waals surface area contributed by atoms with Crippen molar-refractivity contribution in [2.45, 2.75) is 52.9 Å². The van der Waals surface area contributed by atoms with E-state index >= 15 is 0 Å². The summed E-state index contributed by atoms with van der Waals surface area (Å²) in [7, 11) is 0. The van der Waals surface area contributed by atoms with Crippen LogP contribution in [0.15, 0.2) is 171 Å². The van der Waals surface area contributed by atoms with Crippen LogP contribution in [0.25, 0.3) is 27.3 Å². The van der Waals surface area contributed by atoms with Crippen LogP contribution in [-0.2, 0) is 12.8 Å². The summed E-state index contributed by atoms with van der Waals surface area (Å²) in [4.78, 5) is 2.50. The minimum absolute atomic E-state index is 0.576. The lowest BCUT2D eigenvalue weighted by molar-refractivity contribution is 0.516. The van der Waals surface area contributed by atoms with Crippen LogP contribution in [0.1, 0.15) is 55.4 Å². The molecule has 0 amide bonds. The third kappa shape index (κ3) is 8.47. The molecule has 7 aromatic carbocycles. The van der Waals surface area contributed by atoms with E-state index in [1.165, 1.54) is 16.8 Å². The molecular weight excluding hydrogens is 715 g/mol. The van der Waals surface area contributed by atoms with Crippen LogP contribution < -0.4 is 9.64 Å². The van der Waals surface area contributed by atoms with Gasteiger partial charge < -0.3 is 9.64 Å². The number of azo groups is 3. The van der Waals surface area contributed by atoms with Gasteiger partial charge in [-0.25, -0.2) is 0 Å². The lowest BCUT2D eigenvalue weighted by atomic mass is 9.98. The molecule has 0 unspecified atom stereocenters. The fourth-order valence-corrected chi connectivity index (χ4v) is 7.55. The number of hydrogen-bond acceptors (Lipinski definition) is 8. The van der Waals surface area contributed by atoms with Crippen LogP contribution in [0.2, 0.25) is 0 Å². The smallest absolute Gasteiger partial charge is 0.127 e. The predicted molar refractivity (Wildman–Crippen MR) is 239 cm³/mol. The highest BCUT2D eigenvalue weighted by molar-refractivity contribution is 6.01. The molecule has 58 heavy (non-hydrogen) atoms. The molecule has 0 N–H and O–H groups in total. The predicted octanol–water partition coefficient (Wildman–Crippen LogP) is 15.7. The van der Waals surface area contributed by atoms with E-state index < -0.39 is 0 Å². The van der Waals surface area contributed by atoms with Gasteiger partial charge in [0, 0.05) is 45.9 Å². The monoisotopic (exact) mass is 761 g/mol. The lowest BCUT2D eigenvalue weighted by Gasteiger charge is -2.31. The van der Waals surface area contributed by atoms with Gasteiger partial charge in [0.15, 0.2) is 0 Å². The number of hydrogen-bond donors (Lipinski definition) is 0. The minimum atomic E-state index is 0.576. The average Bonchev–Trinajstić information content (AvgIpc) is 3.26. The zero-order valence-corrected chi connectivity index (χ0v) is 33.4. The average molecular weight is 762 g/mol. The Morgan fingerprint density at radius 2 is 1.14 bits per heavy atom. The van der Waals surface area contributed by atoms with E-state index in [-0.39, 0.29) is 0 Å². The van der Waals surface area contributed by atoms with Crippen molar-refractivity contribution in [2.75, 3.05) is 18.0 Å². The molecule has 0 saturated carbocycles. The second kappa shape index (κ2) is 17.6. The van der Waals surface area contributed by atoms with Gasteiger partial charge in [0.1, 0.15) is 11.5 Å². The van der Waals surface area contributed by atoms with Crippen molar-refractivity contribution in [1.29, 1.82) is 0 Å². The van der Waals surface area contributed by atoms with Crippen molar-refractivity contribution < 1.29 is 4.74 Å². The van der Waals surface area contributed by atoms with Crippen LogP contribution in [0.3, 0.4) is 0 Å². The van der Waals surface area contributed by atoms with Crippen molar-refractivity contribution in [1.82, 2.24) is 0 Å². The van der Waals surface area contributed by atoms with Gasteiger partial charge in [-0.3, -0.25) is 0 Å². The highest BCUT2D eigenvalue weighted by Gasteiger charge is 2.18. The van der Waals surface area contributed by atoms with Crippen molar-refractivity contribution in [3.8, 4) is 5.75 Å². The Morgan fingerprint density at radius 3 is 1.67 bits per heavy atom. The number of anilines is 1. The molecule has 0 spiro atoms. The van der Waals surface area contributed by atoms with E-state index in [1.807, 2.05) is 97.1 Å². The Balaban J connectivity index is 0.990. The zero-order valence-electron chi connectivity index (χ0n) is 33.4. The van der Waals surface area contributed by atoms with Crippen LogP contribution >= 0.6 is 0 Å². The summed E-state index contributed by atoms with van der Waals surface area (Å²) in [6, 6.07) is 44.4. The third-order valence-corrected chi connectivity index (χ3v) is 10.6. The first-order chi connectivity index (χ1) is 28.5. The Kier molecular flexibility index (Phi) is 11.5. The van der Waals surface area contributed by atoms with Crippen LogP contribution in [-0.4, -0.2) is 13.1 Å². The number of nitrogens with zero attached hydrogens (tertiary/aromatic N) is 7. The van der Waals surface area contributed by atoms with Crippen molar-refractivity contribution in [3.05, 3.63) is 162 Å². The molecule has 8 heteroatoms. The SMILES string of the molecule is C=C(Oc1ccc(CCC)cc1)c1ccc(/N=N/c2ccc(/N=N/c3ccc(/N=N/c4cc5c(cc4C)N(CCC)CCC5)c4ccccc34)c3ccccc23)cc1. The van der Waals surface area contributed by atoms with Crippen LogP contribution in [0.4, 0.5) is 39.8 Å². The van der Waals surface area contributed by atoms with Gasteiger partial charge in [-0.2, -0.15) is 10.2 Å². The topological polar surface area (TPSA) is 86.6 Å². The van der Waals surface area contributed by atoms with Gasteiger partial charge in [-0.1, -0.05) is 87.5 Å². The van der Waals surface area contributed by atoms with E-state index in [0.29, 0.717) is 5.76 Å². The summed E-state index contributed by atoms with van der Waals surface area (Å²) in [5.74, 6) is 1.34. The lowest BCUT2D eigenvalue weighted by Crippen LogP contribution is -2.30. The van der Waals surface area contributed by atoms with Crippen molar-refractivity contribution in [3.63, 3.8) is 0 Å². The summed E-state index contributed by atoms with van der Waals surface area (Å²) < 4.78 is 6.01. The molecule has 8 rings (SSSR count). The maximum atomic E-state index is 6.01. The summed E-state index contributed by atoms with van der Waals surface area (Å²) in [5, 5.41) is 32.0. The number of benzene rings is 7. The minimum Gasteiger partial charge on any atom is -0.457 e. The molecule has 1 heterocycles. The van der Waals surface area contributed by atoms with Crippen LogP contribution in [0, 0.1) is 6.92 Å². The molecule has 0 bridgehead atoms. The summed E-state index contributed by atoms with van der Waals surface area (Å²) in [6.45, 7) is 12.9. The highest BCUT2D eigenvalue weighted by atomic mass is 16.5. The molecule has 0 atom stereocenters. The largest absolute Gasteiger partial charge is 0.457 e. The molecule has 0 radical (unpaired) electrons. The molecule has 1 aliphatic heterocycles. The first-order valence-electron chi connectivity index (χ1n) is 20.2. The number of rotatable bonds is 13. The van der Waals surface area contributed by atoms with Gasteiger partial charge in [0.05, 0.1) is 34.1 Å². The molecule has 0 saturated heterocycles.